The highest BCUT2D eigenvalue weighted by Crippen LogP contribution is 2.33. The Bertz CT molecular complexity index is 760. The van der Waals surface area contributed by atoms with E-state index in [4.69, 9.17) is 19.5 Å². The number of piperidine rings is 1. The Balaban J connectivity index is 2.06. The van der Waals surface area contributed by atoms with E-state index in [1.807, 2.05) is 0 Å². The van der Waals surface area contributed by atoms with Gasteiger partial charge >= 0.3 is 11.8 Å². The summed E-state index contributed by atoms with van der Waals surface area (Å²) in [5.41, 5.74) is -1.35. The first kappa shape index (κ1) is 20.2. The van der Waals surface area contributed by atoms with E-state index >= 15 is 0 Å². The van der Waals surface area contributed by atoms with E-state index in [0.29, 0.717) is 25.9 Å². The van der Waals surface area contributed by atoms with Gasteiger partial charge in [-0.1, -0.05) is 0 Å². The van der Waals surface area contributed by atoms with Crippen LogP contribution in [0.4, 0.5) is 10.5 Å². The molecule has 0 unspecified atom stereocenters. The quantitative estimate of drug-likeness (QED) is 0.578. The van der Waals surface area contributed by atoms with Gasteiger partial charge < -0.3 is 19.1 Å². The van der Waals surface area contributed by atoms with E-state index in [-0.39, 0.29) is 29.5 Å². The average Bonchev–Trinajstić information content (AvgIpc) is 2.60. The van der Waals surface area contributed by atoms with Crippen molar-refractivity contribution >= 4 is 11.8 Å². The van der Waals surface area contributed by atoms with Crippen LogP contribution in [0.15, 0.2) is 6.07 Å². The van der Waals surface area contributed by atoms with Gasteiger partial charge in [-0.05, 0) is 20.8 Å². The van der Waals surface area contributed by atoms with E-state index in [9.17, 15) is 14.9 Å². The Labute approximate surface area is 156 Å². The molecule has 0 bridgehead atoms. The minimum absolute atomic E-state index is 0.0235. The molecule has 0 aliphatic carbocycles. The topological polar surface area (TPSA) is 128 Å². The number of pyridine rings is 1. The molecule has 0 spiro atoms. The number of nitriles is 1. The molecule has 2 rings (SSSR count). The maximum atomic E-state index is 12.1. The van der Waals surface area contributed by atoms with Crippen molar-refractivity contribution in [1.82, 2.24) is 9.88 Å². The van der Waals surface area contributed by atoms with Gasteiger partial charge in [-0.3, -0.25) is 10.1 Å². The number of carbonyl (C=O) groups is 1. The van der Waals surface area contributed by atoms with Crippen molar-refractivity contribution in [2.45, 2.75) is 45.3 Å². The summed E-state index contributed by atoms with van der Waals surface area (Å²) in [5.74, 6) is 0.102. The van der Waals surface area contributed by atoms with E-state index in [1.54, 1.807) is 31.7 Å². The van der Waals surface area contributed by atoms with Gasteiger partial charge in [-0.15, -0.1) is 0 Å². The SMILES string of the molecule is COc1cc([N+](=O)[O-])c(C#N)nc1OC1CCN(C(=O)OC(C)(C)C)CC1. The predicted molar refractivity (Wildman–Crippen MR) is 93.6 cm³/mol. The number of aromatic nitrogens is 1. The van der Waals surface area contributed by atoms with Gasteiger partial charge in [0.1, 0.15) is 17.8 Å². The highest BCUT2D eigenvalue weighted by atomic mass is 16.6. The van der Waals surface area contributed by atoms with Gasteiger partial charge in [-0.25, -0.2) is 4.79 Å². The third-order valence-corrected chi connectivity index (χ3v) is 3.83. The minimum atomic E-state index is -0.697. The number of amides is 1. The normalized spacial score (nSPS) is 15.0. The van der Waals surface area contributed by atoms with Crippen LogP contribution in [-0.4, -0.2) is 52.8 Å². The largest absolute Gasteiger partial charge is 0.491 e. The number of carbonyl (C=O) groups excluding carboxylic acids is 1. The van der Waals surface area contributed by atoms with Crippen molar-refractivity contribution in [1.29, 1.82) is 5.26 Å². The zero-order valence-electron chi connectivity index (χ0n) is 15.7. The Morgan fingerprint density at radius 1 is 1.41 bits per heavy atom. The van der Waals surface area contributed by atoms with Crippen molar-refractivity contribution in [2.75, 3.05) is 20.2 Å². The summed E-state index contributed by atoms with van der Waals surface area (Å²) in [6.45, 7) is 6.31. The van der Waals surface area contributed by atoms with Crippen molar-refractivity contribution in [2.24, 2.45) is 0 Å². The highest BCUT2D eigenvalue weighted by molar-refractivity contribution is 5.68. The van der Waals surface area contributed by atoms with Crippen molar-refractivity contribution in [3.63, 3.8) is 0 Å². The molecule has 1 aromatic heterocycles. The molecule has 1 aliphatic rings. The molecule has 0 saturated carbocycles. The van der Waals surface area contributed by atoms with E-state index < -0.39 is 16.2 Å². The minimum Gasteiger partial charge on any atom is -0.491 e. The first-order chi connectivity index (χ1) is 12.6. The summed E-state index contributed by atoms with van der Waals surface area (Å²) in [6, 6.07) is 2.81. The fourth-order valence-corrected chi connectivity index (χ4v) is 2.56. The second kappa shape index (κ2) is 8.07. The molecule has 1 aromatic rings. The van der Waals surface area contributed by atoms with Crippen LogP contribution < -0.4 is 9.47 Å². The zero-order chi connectivity index (χ0) is 20.2. The van der Waals surface area contributed by atoms with Crippen LogP contribution in [-0.2, 0) is 4.74 Å². The lowest BCUT2D eigenvalue weighted by Gasteiger charge is -2.33. The average molecular weight is 378 g/mol. The number of methoxy groups -OCH3 is 1. The predicted octanol–water partition coefficient (Wildman–Crippen LogP) is 2.65. The number of likely N-dealkylation sites (tertiary alicyclic amines) is 1. The molecule has 0 aromatic carbocycles. The monoisotopic (exact) mass is 378 g/mol. The van der Waals surface area contributed by atoms with Gasteiger partial charge in [0.05, 0.1) is 18.1 Å². The first-order valence-corrected chi connectivity index (χ1v) is 8.42. The first-order valence-electron chi connectivity index (χ1n) is 8.42. The summed E-state index contributed by atoms with van der Waals surface area (Å²) < 4.78 is 16.2. The van der Waals surface area contributed by atoms with Gasteiger partial charge in [0.25, 0.3) is 5.88 Å². The molecule has 0 N–H and O–H groups in total. The lowest BCUT2D eigenvalue weighted by molar-refractivity contribution is -0.385. The Morgan fingerprint density at radius 2 is 2.04 bits per heavy atom. The van der Waals surface area contributed by atoms with Gasteiger partial charge in [0, 0.05) is 25.9 Å². The molecule has 0 atom stereocenters. The molecule has 2 heterocycles. The molecule has 10 nitrogen and oxygen atoms in total. The van der Waals surface area contributed by atoms with Crippen molar-refractivity contribution in [3.05, 3.63) is 21.9 Å². The third-order valence-electron chi connectivity index (χ3n) is 3.83. The van der Waals surface area contributed by atoms with Crippen LogP contribution in [0.25, 0.3) is 0 Å². The molecule has 1 fully saturated rings. The number of nitro groups is 1. The number of hydrogen-bond donors (Lipinski definition) is 0. The summed E-state index contributed by atoms with van der Waals surface area (Å²) in [6.07, 6.45) is 0.420. The van der Waals surface area contributed by atoms with Gasteiger partial charge in [-0.2, -0.15) is 10.2 Å². The third kappa shape index (κ3) is 5.20. The molecule has 1 amide bonds. The number of ether oxygens (including phenoxy) is 3. The molecule has 146 valence electrons. The van der Waals surface area contributed by atoms with Gasteiger partial charge in [0.2, 0.25) is 5.69 Å². The molecule has 1 saturated heterocycles. The number of nitrogens with zero attached hydrogens (tertiary/aromatic N) is 4. The van der Waals surface area contributed by atoms with Crippen LogP contribution >= 0.6 is 0 Å². The zero-order valence-corrected chi connectivity index (χ0v) is 15.7. The Kier molecular flexibility index (Phi) is 6.05. The maximum Gasteiger partial charge on any atom is 0.410 e. The summed E-state index contributed by atoms with van der Waals surface area (Å²) in [5, 5.41) is 20.1. The fraction of sp³-hybridized carbons (Fsp3) is 0.588. The molecule has 0 radical (unpaired) electrons. The number of rotatable bonds is 4. The van der Waals surface area contributed by atoms with Crippen LogP contribution in [0.3, 0.4) is 0 Å². The second-order valence-electron chi connectivity index (χ2n) is 7.02. The van der Waals surface area contributed by atoms with Crippen LogP contribution in [0.2, 0.25) is 0 Å². The lowest BCUT2D eigenvalue weighted by Crippen LogP contribution is -2.44. The molecular formula is C17H22N4O6. The highest BCUT2D eigenvalue weighted by Gasteiger charge is 2.29. The fourth-order valence-electron chi connectivity index (χ4n) is 2.56. The van der Waals surface area contributed by atoms with Crippen LogP contribution in [0.5, 0.6) is 11.6 Å². The second-order valence-corrected chi connectivity index (χ2v) is 7.02. The van der Waals surface area contributed by atoms with Crippen molar-refractivity contribution < 1.29 is 23.9 Å². The van der Waals surface area contributed by atoms with Gasteiger partial charge in [0.15, 0.2) is 5.75 Å². The van der Waals surface area contributed by atoms with E-state index in [1.165, 1.54) is 7.11 Å². The van der Waals surface area contributed by atoms with E-state index in [2.05, 4.69) is 4.98 Å². The number of hydrogen-bond acceptors (Lipinski definition) is 8. The van der Waals surface area contributed by atoms with E-state index in [0.717, 1.165) is 6.07 Å². The molecule has 27 heavy (non-hydrogen) atoms. The molecule has 10 heteroatoms. The van der Waals surface area contributed by atoms with Crippen molar-refractivity contribution in [3.8, 4) is 17.7 Å². The standard InChI is InChI=1S/C17H22N4O6/c1-17(2,3)27-16(22)20-7-5-11(6-8-20)26-15-14(25-4)9-13(21(23)24)12(10-18)19-15/h9,11H,5-8H2,1-4H3. The smallest absolute Gasteiger partial charge is 0.410 e. The van der Waals surface area contributed by atoms with Crippen LogP contribution in [0.1, 0.15) is 39.3 Å². The molecular weight excluding hydrogens is 356 g/mol. The summed E-state index contributed by atoms with van der Waals surface area (Å²) >= 11 is 0. The molecule has 1 aliphatic heterocycles. The summed E-state index contributed by atoms with van der Waals surface area (Å²) in [7, 11) is 1.34. The summed E-state index contributed by atoms with van der Waals surface area (Å²) in [4.78, 5) is 27.9. The van der Waals surface area contributed by atoms with Crippen LogP contribution in [0, 0.1) is 21.4 Å². The maximum absolute atomic E-state index is 12.1. The Hall–Kier alpha value is -3.09. The lowest BCUT2D eigenvalue weighted by atomic mass is 10.1. The Morgan fingerprint density at radius 3 is 2.52 bits per heavy atom.